The molecule has 0 fully saturated rings. The lowest BCUT2D eigenvalue weighted by molar-refractivity contribution is -0.386. The summed E-state index contributed by atoms with van der Waals surface area (Å²) in [7, 11) is 0. The lowest BCUT2D eigenvalue weighted by Gasteiger charge is -1.97. The van der Waals surface area contributed by atoms with Crippen LogP contribution in [-0.2, 0) is 0 Å². The summed E-state index contributed by atoms with van der Waals surface area (Å²) in [5, 5.41) is 34.4. The molecule has 0 spiro atoms. The minimum Gasteiger partial charge on any atom is -0.502 e. The van der Waals surface area contributed by atoms with Gasteiger partial charge in [-0.1, -0.05) is 17.3 Å². The van der Waals surface area contributed by atoms with Gasteiger partial charge in [0.05, 0.1) is 9.85 Å². The fraction of sp³-hybridized carbons (Fsp3) is 0.0833. The van der Waals surface area contributed by atoms with E-state index in [0.29, 0.717) is 5.56 Å². The maximum atomic E-state index is 10.9. The summed E-state index contributed by atoms with van der Waals surface area (Å²) in [5.41, 5.74) is -0.209. The summed E-state index contributed by atoms with van der Waals surface area (Å²) in [5.74, 6) is -0.521. The number of aromatic hydroxyl groups is 1. The Hall–Kier alpha value is -3.23. The molecule has 2 aromatic rings. The van der Waals surface area contributed by atoms with E-state index in [0.717, 1.165) is 12.1 Å². The Morgan fingerprint density at radius 1 is 1.24 bits per heavy atom. The average Bonchev–Trinajstić information content (AvgIpc) is 2.78. The Morgan fingerprint density at radius 2 is 1.95 bits per heavy atom. The van der Waals surface area contributed by atoms with E-state index in [9.17, 15) is 25.3 Å². The molecule has 0 unspecified atom stereocenters. The van der Waals surface area contributed by atoms with E-state index in [-0.39, 0.29) is 17.1 Å². The number of hydrogen-bond acceptors (Lipinski definition) is 7. The van der Waals surface area contributed by atoms with Crippen LogP contribution in [0.1, 0.15) is 17.0 Å². The fourth-order valence-electron chi connectivity index (χ4n) is 1.68. The molecule has 0 saturated carbocycles. The molecule has 0 radical (unpaired) electrons. The molecule has 0 aliphatic rings. The Bertz CT molecular complexity index is 749. The molecule has 0 saturated heterocycles. The molecule has 0 aliphatic carbocycles. The zero-order chi connectivity index (χ0) is 15.6. The highest BCUT2D eigenvalue weighted by Gasteiger charge is 2.22. The number of phenols is 1. The molecule has 1 aromatic heterocycles. The SMILES string of the molecule is Cc1noc(/C=C/c2ccc(O)c([N+](=O)[O-])c2)c1[N+](=O)[O-]. The van der Waals surface area contributed by atoms with Gasteiger partial charge < -0.3 is 9.63 Å². The van der Waals surface area contributed by atoms with Gasteiger partial charge in [-0.25, -0.2) is 0 Å². The summed E-state index contributed by atoms with van der Waals surface area (Å²) in [4.78, 5) is 20.2. The molecule has 2 rings (SSSR count). The first kappa shape index (κ1) is 14.2. The molecule has 1 N–H and O–H groups in total. The smallest absolute Gasteiger partial charge is 0.338 e. The molecule has 1 heterocycles. The highest BCUT2D eigenvalue weighted by molar-refractivity contribution is 5.73. The van der Waals surface area contributed by atoms with Gasteiger partial charge in [0.15, 0.2) is 11.4 Å². The largest absolute Gasteiger partial charge is 0.502 e. The summed E-state index contributed by atoms with van der Waals surface area (Å²) < 4.78 is 4.82. The van der Waals surface area contributed by atoms with Gasteiger partial charge in [0.2, 0.25) is 5.76 Å². The van der Waals surface area contributed by atoms with Crippen molar-refractivity contribution in [3.05, 3.63) is 55.4 Å². The van der Waals surface area contributed by atoms with Gasteiger partial charge in [-0.3, -0.25) is 20.2 Å². The van der Waals surface area contributed by atoms with E-state index in [2.05, 4.69) is 5.16 Å². The third-order valence-electron chi connectivity index (χ3n) is 2.66. The quantitative estimate of drug-likeness (QED) is 0.676. The topological polar surface area (TPSA) is 133 Å². The Morgan fingerprint density at radius 3 is 2.57 bits per heavy atom. The van der Waals surface area contributed by atoms with Crippen molar-refractivity contribution in [2.75, 3.05) is 0 Å². The molecular formula is C12H9N3O6. The zero-order valence-corrected chi connectivity index (χ0v) is 10.7. The normalized spacial score (nSPS) is 10.9. The highest BCUT2D eigenvalue weighted by Crippen LogP contribution is 2.28. The molecule has 0 bridgehead atoms. The van der Waals surface area contributed by atoms with Gasteiger partial charge in [-0.15, -0.1) is 0 Å². The predicted molar refractivity (Wildman–Crippen MR) is 71.6 cm³/mol. The van der Waals surface area contributed by atoms with Gasteiger partial charge in [0.25, 0.3) is 0 Å². The number of aryl methyl sites for hydroxylation is 1. The second-order valence-corrected chi connectivity index (χ2v) is 4.08. The van der Waals surface area contributed by atoms with Crippen molar-refractivity contribution in [3.63, 3.8) is 0 Å². The van der Waals surface area contributed by atoms with Crippen LogP contribution in [0.5, 0.6) is 5.75 Å². The first-order chi connectivity index (χ1) is 9.90. The number of nitro benzene ring substituents is 1. The molecule has 21 heavy (non-hydrogen) atoms. The number of phenolic OH excluding ortho intramolecular Hbond substituents is 1. The van der Waals surface area contributed by atoms with E-state index in [1.807, 2.05) is 0 Å². The van der Waals surface area contributed by atoms with Crippen molar-refractivity contribution in [2.45, 2.75) is 6.92 Å². The molecule has 1 aromatic carbocycles. The monoisotopic (exact) mass is 291 g/mol. The molecule has 9 heteroatoms. The van der Waals surface area contributed by atoms with E-state index < -0.39 is 21.3 Å². The minimum atomic E-state index is -0.728. The number of rotatable bonds is 4. The van der Waals surface area contributed by atoms with Crippen LogP contribution in [0, 0.1) is 27.2 Å². The van der Waals surface area contributed by atoms with Crippen molar-refractivity contribution < 1.29 is 19.5 Å². The van der Waals surface area contributed by atoms with Crippen LogP contribution in [-0.4, -0.2) is 20.1 Å². The lowest BCUT2D eigenvalue weighted by Crippen LogP contribution is -1.90. The third kappa shape index (κ3) is 2.86. The van der Waals surface area contributed by atoms with Gasteiger partial charge in [-0.2, -0.15) is 0 Å². The Balaban J connectivity index is 2.36. The van der Waals surface area contributed by atoms with Crippen LogP contribution in [0.25, 0.3) is 12.2 Å². The first-order valence-electron chi connectivity index (χ1n) is 5.66. The van der Waals surface area contributed by atoms with Crippen molar-refractivity contribution in [1.29, 1.82) is 0 Å². The van der Waals surface area contributed by atoms with Crippen molar-refractivity contribution in [3.8, 4) is 5.75 Å². The second kappa shape index (κ2) is 5.41. The molecule has 0 aliphatic heterocycles. The fourth-order valence-corrected chi connectivity index (χ4v) is 1.68. The van der Waals surface area contributed by atoms with Gasteiger partial charge in [0.1, 0.15) is 0 Å². The number of nitrogens with zero attached hydrogens (tertiary/aromatic N) is 3. The van der Waals surface area contributed by atoms with E-state index in [1.54, 1.807) is 0 Å². The van der Waals surface area contributed by atoms with Gasteiger partial charge >= 0.3 is 11.4 Å². The molecule has 9 nitrogen and oxygen atoms in total. The van der Waals surface area contributed by atoms with Crippen molar-refractivity contribution >= 4 is 23.5 Å². The van der Waals surface area contributed by atoms with E-state index in [4.69, 9.17) is 4.52 Å². The summed E-state index contributed by atoms with van der Waals surface area (Å²) in [6.45, 7) is 1.43. The van der Waals surface area contributed by atoms with Crippen LogP contribution in [0.3, 0.4) is 0 Å². The summed E-state index contributed by atoms with van der Waals surface area (Å²) >= 11 is 0. The Labute approximate surface area is 117 Å². The van der Waals surface area contributed by atoms with Crippen LogP contribution in [0.2, 0.25) is 0 Å². The Kier molecular flexibility index (Phi) is 3.65. The maximum Gasteiger partial charge on any atom is 0.338 e. The maximum absolute atomic E-state index is 10.9. The van der Waals surface area contributed by atoms with Crippen LogP contribution >= 0.6 is 0 Å². The van der Waals surface area contributed by atoms with Gasteiger partial charge in [-0.05, 0) is 24.6 Å². The average molecular weight is 291 g/mol. The molecule has 0 amide bonds. The minimum absolute atomic E-state index is 0.0618. The van der Waals surface area contributed by atoms with Crippen LogP contribution < -0.4 is 0 Å². The standard InChI is InChI=1S/C12H9N3O6/c1-7-12(15(19)20)11(21-13-7)5-3-8-2-4-10(16)9(6-8)14(17)18/h2-6,16H,1H3/b5-3+. The summed E-state index contributed by atoms with van der Waals surface area (Å²) in [6.07, 6.45) is 2.67. The van der Waals surface area contributed by atoms with E-state index in [1.165, 1.54) is 25.1 Å². The third-order valence-corrected chi connectivity index (χ3v) is 2.66. The number of nitro groups is 2. The van der Waals surface area contributed by atoms with Crippen molar-refractivity contribution in [1.82, 2.24) is 5.16 Å². The number of aromatic nitrogens is 1. The van der Waals surface area contributed by atoms with E-state index >= 15 is 0 Å². The summed E-state index contributed by atoms with van der Waals surface area (Å²) in [6, 6.07) is 3.73. The van der Waals surface area contributed by atoms with Crippen LogP contribution in [0.15, 0.2) is 22.7 Å². The first-order valence-corrected chi connectivity index (χ1v) is 5.66. The van der Waals surface area contributed by atoms with Crippen molar-refractivity contribution in [2.24, 2.45) is 0 Å². The molecule has 108 valence electrons. The molecular weight excluding hydrogens is 282 g/mol. The zero-order valence-electron chi connectivity index (χ0n) is 10.7. The number of hydrogen-bond donors (Lipinski definition) is 1. The highest BCUT2D eigenvalue weighted by atomic mass is 16.6. The molecule has 0 atom stereocenters. The number of benzene rings is 1. The second-order valence-electron chi connectivity index (χ2n) is 4.08. The lowest BCUT2D eigenvalue weighted by atomic mass is 10.1. The predicted octanol–water partition coefficient (Wildman–Crippen LogP) is 2.68. The van der Waals surface area contributed by atoms with Gasteiger partial charge in [0, 0.05) is 6.07 Å². The van der Waals surface area contributed by atoms with Crippen LogP contribution in [0.4, 0.5) is 11.4 Å².